The molecule has 0 saturated carbocycles. The van der Waals surface area contributed by atoms with E-state index in [0.29, 0.717) is 11.1 Å². The Morgan fingerprint density at radius 1 is 1.24 bits per heavy atom. The molecule has 0 spiro atoms. The fraction of sp³-hybridized carbons (Fsp3) is 0.385. The molecule has 1 aromatic heterocycles. The Kier molecular flexibility index (Phi) is 4.53. The lowest BCUT2D eigenvalue weighted by atomic mass is 10.1. The van der Waals surface area contributed by atoms with Crippen molar-refractivity contribution < 1.29 is 17.6 Å². The number of benzene rings is 1. The van der Waals surface area contributed by atoms with Crippen molar-refractivity contribution in [2.24, 2.45) is 0 Å². The zero-order valence-corrected chi connectivity index (χ0v) is 12.7. The molecule has 0 radical (unpaired) electrons. The molecule has 1 heterocycles. The Hall–Kier alpha value is -1.21. The summed E-state index contributed by atoms with van der Waals surface area (Å²) in [4.78, 5) is 0. The van der Waals surface area contributed by atoms with Gasteiger partial charge < -0.3 is 0 Å². The molecule has 0 amide bonds. The predicted octanol–water partition coefficient (Wildman–Crippen LogP) is 5.06. The maximum Gasteiger partial charge on any atom is 0.416 e. The van der Waals surface area contributed by atoms with Crippen LogP contribution in [0, 0.1) is 5.82 Å². The highest BCUT2D eigenvalue weighted by Crippen LogP contribution is 2.34. The number of halogens is 5. The van der Waals surface area contributed by atoms with Gasteiger partial charge in [0.15, 0.2) is 0 Å². The molecule has 0 saturated heterocycles. The minimum absolute atomic E-state index is 0.0696. The van der Waals surface area contributed by atoms with Crippen molar-refractivity contribution >= 4 is 22.9 Å². The van der Waals surface area contributed by atoms with Crippen molar-refractivity contribution in [3.8, 4) is 0 Å². The molecule has 21 heavy (non-hydrogen) atoms. The number of hydrogen-bond donors (Lipinski definition) is 0. The molecule has 0 fully saturated rings. The summed E-state index contributed by atoms with van der Waals surface area (Å²) in [6.45, 7) is 3.85. The molecule has 0 atom stereocenters. The van der Waals surface area contributed by atoms with Gasteiger partial charge in [0.2, 0.25) is 0 Å². The number of rotatable bonds is 3. The first-order valence-corrected chi connectivity index (χ1v) is 7.25. The number of hydrogen-bond acceptors (Lipinski definition) is 3. The third-order valence-electron chi connectivity index (χ3n) is 2.75. The van der Waals surface area contributed by atoms with Crippen LogP contribution in [-0.4, -0.2) is 10.2 Å². The Bertz CT molecular complexity index is 652. The number of nitrogens with zero attached hydrogens (tertiary/aromatic N) is 2. The van der Waals surface area contributed by atoms with E-state index in [1.54, 1.807) is 0 Å². The van der Waals surface area contributed by atoms with E-state index in [-0.39, 0.29) is 17.9 Å². The van der Waals surface area contributed by atoms with Crippen LogP contribution in [0.25, 0.3) is 0 Å². The highest BCUT2D eigenvalue weighted by molar-refractivity contribution is 7.11. The SMILES string of the molecule is CC(C)c1nnc(Cc2cc(C(F)(F)F)cc(Cl)c2F)s1. The van der Waals surface area contributed by atoms with Gasteiger partial charge in [0.25, 0.3) is 0 Å². The summed E-state index contributed by atoms with van der Waals surface area (Å²) in [5.41, 5.74) is -1.11. The molecule has 0 aliphatic heterocycles. The smallest absolute Gasteiger partial charge is 0.205 e. The third kappa shape index (κ3) is 3.71. The molecule has 114 valence electrons. The monoisotopic (exact) mass is 338 g/mol. The van der Waals surface area contributed by atoms with Crippen LogP contribution < -0.4 is 0 Å². The minimum Gasteiger partial charge on any atom is -0.205 e. The molecule has 2 rings (SSSR count). The first-order chi connectivity index (χ1) is 9.68. The first kappa shape index (κ1) is 16.2. The topological polar surface area (TPSA) is 25.8 Å². The molecule has 0 unspecified atom stereocenters. The normalized spacial score (nSPS) is 12.2. The second-order valence-corrected chi connectivity index (χ2v) is 6.30. The summed E-state index contributed by atoms with van der Waals surface area (Å²) < 4.78 is 52.0. The molecule has 0 bridgehead atoms. The Morgan fingerprint density at radius 2 is 1.90 bits per heavy atom. The highest BCUT2D eigenvalue weighted by atomic mass is 35.5. The van der Waals surface area contributed by atoms with E-state index in [2.05, 4.69) is 10.2 Å². The molecule has 2 nitrogen and oxygen atoms in total. The van der Waals surface area contributed by atoms with Gasteiger partial charge in [0.1, 0.15) is 15.8 Å². The summed E-state index contributed by atoms with van der Waals surface area (Å²) in [5, 5.41) is 8.46. The lowest BCUT2D eigenvalue weighted by Crippen LogP contribution is -2.07. The number of alkyl halides is 3. The van der Waals surface area contributed by atoms with E-state index in [4.69, 9.17) is 11.6 Å². The number of aromatic nitrogens is 2. The van der Waals surface area contributed by atoms with E-state index in [1.807, 2.05) is 13.8 Å². The van der Waals surface area contributed by atoms with Crippen LogP contribution in [0.1, 0.15) is 40.9 Å². The maximum absolute atomic E-state index is 13.9. The van der Waals surface area contributed by atoms with E-state index in [1.165, 1.54) is 11.3 Å². The molecular weight excluding hydrogens is 328 g/mol. The quantitative estimate of drug-likeness (QED) is 0.731. The van der Waals surface area contributed by atoms with E-state index >= 15 is 0 Å². The summed E-state index contributed by atoms with van der Waals surface area (Å²) in [6, 6.07) is 1.34. The van der Waals surface area contributed by atoms with Gasteiger partial charge in [0, 0.05) is 12.3 Å². The van der Waals surface area contributed by atoms with Gasteiger partial charge in [-0.05, 0) is 17.7 Å². The fourth-order valence-corrected chi connectivity index (χ4v) is 2.78. The van der Waals surface area contributed by atoms with Crippen molar-refractivity contribution in [3.05, 3.63) is 44.1 Å². The van der Waals surface area contributed by atoms with Gasteiger partial charge >= 0.3 is 6.18 Å². The lowest BCUT2D eigenvalue weighted by Gasteiger charge is -2.10. The van der Waals surface area contributed by atoms with Crippen LogP contribution in [0.3, 0.4) is 0 Å². The predicted molar refractivity (Wildman–Crippen MR) is 73.2 cm³/mol. The van der Waals surface area contributed by atoms with Crippen molar-refractivity contribution in [1.82, 2.24) is 10.2 Å². The van der Waals surface area contributed by atoms with Gasteiger partial charge in [-0.1, -0.05) is 25.4 Å². The Labute approximate surface area is 127 Å². The van der Waals surface area contributed by atoms with Gasteiger partial charge in [-0.15, -0.1) is 21.5 Å². The van der Waals surface area contributed by atoms with Crippen LogP contribution in [-0.2, 0) is 12.6 Å². The zero-order valence-electron chi connectivity index (χ0n) is 11.1. The van der Waals surface area contributed by atoms with Crippen LogP contribution in [0.5, 0.6) is 0 Å². The summed E-state index contributed by atoms with van der Waals surface area (Å²) in [7, 11) is 0. The average molecular weight is 339 g/mol. The summed E-state index contributed by atoms with van der Waals surface area (Å²) in [6.07, 6.45) is -4.64. The Morgan fingerprint density at radius 3 is 2.43 bits per heavy atom. The largest absolute Gasteiger partial charge is 0.416 e. The average Bonchev–Trinajstić information content (AvgIpc) is 2.82. The molecule has 0 aliphatic rings. The van der Waals surface area contributed by atoms with Crippen molar-refractivity contribution in [1.29, 1.82) is 0 Å². The van der Waals surface area contributed by atoms with Crippen LogP contribution in [0.4, 0.5) is 17.6 Å². The van der Waals surface area contributed by atoms with Crippen molar-refractivity contribution in [3.63, 3.8) is 0 Å². The summed E-state index contributed by atoms with van der Waals surface area (Å²) in [5.74, 6) is -0.697. The highest BCUT2D eigenvalue weighted by Gasteiger charge is 2.32. The van der Waals surface area contributed by atoms with Crippen molar-refractivity contribution in [2.75, 3.05) is 0 Å². The van der Waals surface area contributed by atoms with E-state index in [9.17, 15) is 17.6 Å². The van der Waals surface area contributed by atoms with E-state index < -0.39 is 22.6 Å². The Balaban J connectivity index is 2.36. The molecule has 0 aliphatic carbocycles. The van der Waals surface area contributed by atoms with E-state index in [0.717, 1.165) is 11.1 Å². The van der Waals surface area contributed by atoms with Crippen molar-refractivity contribution in [2.45, 2.75) is 32.4 Å². The molecule has 2 aromatic rings. The van der Waals surface area contributed by atoms with Gasteiger partial charge in [-0.2, -0.15) is 13.2 Å². The second-order valence-electron chi connectivity index (χ2n) is 4.79. The fourth-order valence-electron chi connectivity index (χ4n) is 1.67. The standard InChI is InChI=1S/C13H11ClF4N2S/c1-6(2)12-20-19-10(21-12)4-7-3-8(13(16,17)18)5-9(14)11(7)15/h3,5-6H,4H2,1-2H3. The molecule has 0 N–H and O–H groups in total. The summed E-state index contributed by atoms with van der Waals surface area (Å²) >= 11 is 6.79. The van der Waals surface area contributed by atoms with Gasteiger partial charge in [-0.25, -0.2) is 4.39 Å². The van der Waals surface area contributed by atoms with Crippen LogP contribution in [0.2, 0.25) is 5.02 Å². The molecular formula is C13H11ClF4N2S. The van der Waals surface area contributed by atoms with Gasteiger partial charge in [0.05, 0.1) is 10.6 Å². The first-order valence-electron chi connectivity index (χ1n) is 6.06. The van der Waals surface area contributed by atoms with Gasteiger partial charge in [-0.3, -0.25) is 0 Å². The third-order valence-corrected chi connectivity index (χ3v) is 4.25. The second kappa shape index (κ2) is 5.88. The lowest BCUT2D eigenvalue weighted by molar-refractivity contribution is -0.137. The maximum atomic E-state index is 13.9. The minimum atomic E-state index is -4.57. The van der Waals surface area contributed by atoms with Crippen LogP contribution >= 0.6 is 22.9 Å². The zero-order chi connectivity index (χ0) is 15.8. The van der Waals surface area contributed by atoms with Crippen LogP contribution in [0.15, 0.2) is 12.1 Å². The molecule has 8 heteroatoms. The molecule has 1 aromatic carbocycles.